The Labute approximate surface area is 110 Å². The predicted octanol–water partition coefficient (Wildman–Crippen LogP) is 3.92. The van der Waals surface area contributed by atoms with Crippen molar-refractivity contribution in [2.45, 2.75) is 20.4 Å². The second-order valence-electron chi connectivity index (χ2n) is 3.99. The minimum atomic E-state index is -0.644. The summed E-state index contributed by atoms with van der Waals surface area (Å²) in [5.74, 6) is -1.27. The number of nitrogens with zero attached hydrogens (tertiary/aromatic N) is 2. The van der Waals surface area contributed by atoms with E-state index in [2.05, 4.69) is 10.9 Å². The van der Waals surface area contributed by atoms with Crippen LogP contribution < -0.4 is 4.57 Å². The molecule has 1 aromatic carbocycles. The first-order valence-corrected chi connectivity index (χ1v) is 6.02. The lowest BCUT2D eigenvalue weighted by Crippen LogP contribution is -2.34. The second kappa shape index (κ2) is 5.57. The van der Waals surface area contributed by atoms with E-state index in [1.807, 2.05) is 29.8 Å². The Kier molecular flexibility index (Phi) is 3.86. The van der Waals surface area contributed by atoms with Crippen LogP contribution in [0.1, 0.15) is 13.8 Å². The fourth-order valence-electron chi connectivity index (χ4n) is 2.00. The van der Waals surface area contributed by atoms with Crippen molar-refractivity contribution in [2.24, 2.45) is 0 Å². The lowest BCUT2D eigenvalue weighted by atomic mass is 10.1. The fraction of sp³-hybridized carbons (Fsp3) is 0.200. The van der Waals surface area contributed by atoms with Crippen molar-refractivity contribution in [1.29, 1.82) is 0 Å². The number of halogens is 2. The summed E-state index contributed by atoms with van der Waals surface area (Å²) in [5.41, 5.74) is 1.20. The standard InChI is InChI=1S/C15H14F2N2/c1-3-18-13-10-11(16)9-12(17)15(13)14-7-5-6-8-19(14)4-2/h5-10H,4H2,1-2H3/q+2. The van der Waals surface area contributed by atoms with Gasteiger partial charge in [-0.1, -0.05) is 0 Å². The van der Waals surface area contributed by atoms with Crippen LogP contribution in [0.4, 0.5) is 14.5 Å². The highest BCUT2D eigenvalue weighted by molar-refractivity contribution is 5.75. The first-order chi connectivity index (χ1) is 9.17. The first-order valence-electron chi connectivity index (χ1n) is 6.02. The van der Waals surface area contributed by atoms with Gasteiger partial charge in [0.15, 0.2) is 11.8 Å². The molecule has 0 aliphatic rings. The van der Waals surface area contributed by atoms with Gasteiger partial charge in [-0.2, -0.15) is 4.57 Å². The number of hydrogen-bond donors (Lipinski definition) is 0. The van der Waals surface area contributed by atoms with Gasteiger partial charge < -0.3 is 0 Å². The van der Waals surface area contributed by atoms with Crippen molar-refractivity contribution >= 4 is 5.69 Å². The molecular formula is C15H14F2N2+2. The Hall–Kier alpha value is -2.28. The van der Waals surface area contributed by atoms with Gasteiger partial charge in [0.05, 0.1) is 13.0 Å². The average Bonchev–Trinajstić information content (AvgIpc) is 2.39. The van der Waals surface area contributed by atoms with Crippen LogP contribution in [0.3, 0.4) is 0 Å². The van der Waals surface area contributed by atoms with Crippen LogP contribution in [0, 0.1) is 17.7 Å². The van der Waals surface area contributed by atoms with Crippen LogP contribution in [-0.4, -0.2) is 0 Å². The molecule has 0 radical (unpaired) electrons. The second-order valence-corrected chi connectivity index (χ2v) is 3.99. The Morgan fingerprint density at radius 3 is 2.74 bits per heavy atom. The molecule has 0 N–H and O–H groups in total. The highest BCUT2D eigenvalue weighted by Gasteiger charge is 2.26. The van der Waals surface area contributed by atoms with Crippen LogP contribution in [0.15, 0.2) is 36.5 Å². The Balaban J connectivity index is 2.76. The number of hydrogen-bond acceptors (Lipinski definition) is 0. The van der Waals surface area contributed by atoms with Crippen LogP contribution in [0.5, 0.6) is 0 Å². The van der Waals surface area contributed by atoms with E-state index in [0.717, 1.165) is 6.07 Å². The Morgan fingerprint density at radius 2 is 2.05 bits per heavy atom. The zero-order valence-electron chi connectivity index (χ0n) is 10.8. The molecule has 2 rings (SSSR count). The number of aryl methyl sites for hydroxylation is 1. The van der Waals surface area contributed by atoms with Gasteiger partial charge in [0.1, 0.15) is 18.2 Å². The molecule has 0 fully saturated rings. The van der Waals surface area contributed by atoms with E-state index in [4.69, 9.17) is 0 Å². The molecule has 19 heavy (non-hydrogen) atoms. The van der Waals surface area contributed by atoms with Crippen LogP contribution >= 0.6 is 0 Å². The van der Waals surface area contributed by atoms with Gasteiger partial charge in [0.25, 0.3) is 6.07 Å². The largest absolute Gasteiger partial charge is 0.359 e. The van der Waals surface area contributed by atoms with Gasteiger partial charge in [0, 0.05) is 18.2 Å². The van der Waals surface area contributed by atoms with Crippen molar-refractivity contribution in [2.75, 3.05) is 0 Å². The van der Waals surface area contributed by atoms with Crippen LogP contribution in [0.25, 0.3) is 16.1 Å². The van der Waals surface area contributed by atoms with E-state index >= 15 is 0 Å². The van der Waals surface area contributed by atoms with E-state index < -0.39 is 11.6 Å². The summed E-state index contributed by atoms with van der Waals surface area (Å²) in [6.07, 6.45) is 1.85. The third-order valence-electron chi connectivity index (χ3n) is 2.80. The number of rotatable bonds is 2. The number of benzene rings is 1. The van der Waals surface area contributed by atoms with E-state index in [1.165, 1.54) is 6.07 Å². The molecule has 2 aromatic rings. The molecule has 0 bridgehead atoms. The van der Waals surface area contributed by atoms with Gasteiger partial charge in [-0.25, -0.2) is 8.78 Å². The summed E-state index contributed by atoms with van der Waals surface area (Å²) >= 11 is 0. The molecule has 0 saturated carbocycles. The fourth-order valence-corrected chi connectivity index (χ4v) is 2.00. The van der Waals surface area contributed by atoms with Crippen LogP contribution in [0.2, 0.25) is 0 Å². The molecule has 0 unspecified atom stereocenters. The highest BCUT2D eigenvalue weighted by Crippen LogP contribution is 2.32. The molecule has 96 valence electrons. The summed E-state index contributed by atoms with van der Waals surface area (Å²) < 4.78 is 29.3. The van der Waals surface area contributed by atoms with Crippen molar-refractivity contribution in [3.05, 3.63) is 53.0 Å². The lowest BCUT2D eigenvalue weighted by Gasteiger charge is -2.02. The predicted molar refractivity (Wildman–Crippen MR) is 70.2 cm³/mol. The minimum absolute atomic E-state index is 0.244. The molecule has 1 aromatic heterocycles. The molecule has 0 aliphatic carbocycles. The molecule has 4 heteroatoms. The summed E-state index contributed by atoms with van der Waals surface area (Å²) in [5, 5.41) is 0. The maximum Gasteiger partial charge on any atom is 0.359 e. The molecule has 0 atom stereocenters. The van der Waals surface area contributed by atoms with Crippen molar-refractivity contribution in [3.63, 3.8) is 0 Å². The smallest absolute Gasteiger partial charge is 0.207 e. The van der Waals surface area contributed by atoms with Gasteiger partial charge in [-0.15, -0.1) is 0 Å². The van der Waals surface area contributed by atoms with Gasteiger partial charge in [-0.05, 0) is 17.8 Å². The van der Waals surface area contributed by atoms with E-state index in [-0.39, 0.29) is 5.69 Å². The van der Waals surface area contributed by atoms with Crippen LogP contribution in [-0.2, 0) is 6.54 Å². The molecule has 0 spiro atoms. The van der Waals surface area contributed by atoms with Crippen molar-refractivity contribution < 1.29 is 13.3 Å². The third kappa shape index (κ3) is 2.60. The van der Waals surface area contributed by atoms with E-state index in [9.17, 15) is 8.78 Å². The number of aromatic nitrogens is 1. The molecule has 0 amide bonds. The number of pyridine rings is 1. The monoisotopic (exact) mass is 260 g/mol. The minimum Gasteiger partial charge on any atom is -0.207 e. The molecule has 2 nitrogen and oxygen atoms in total. The van der Waals surface area contributed by atoms with E-state index in [0.29, 0.717) is 17.8 Å². The molecule has 0 aliphatic heterocycles. The SMILES string of the molecule is CC#[N+]c1cc(F)cc(F)c1-c1cccc[n+]1CC. The van der Waals surface area contributed by atoms with Crippen molar-refractivity contribution in [3.8, 4) is 17.3 Å². The van der Waals surface area contributed by atoms with Gasteiger partial charge >= 0.3 is 5.69 Å². The maximum absolute atomic E-state index is 14.1. The highest BCUT2D eigenvalue weighted by atomic mass is 19.1. The third-order valence-corrected chi connectivity index (χ3v) is 2.80. The molecule has 1 heterocycles. The zero-order valence-corrected chi connectivity index (χ0v) is 10.8. The molecular weight excluding hydrogens is 246 g/mol. The lowest BCUT2D eigenvalue weighted by molar-refractivity contribution is -0.682. The average molecular weight is 260 g/mol. The summed E-state index contributed by atoms with van der Waals surface area (Å²) in [4.78, 5) is 3.94. The zero-order chi connectivity index (χ0) is 13.8. The summed E-state index contributed by atoms with van der Waals surface area (Å²) in [6, 6.07) is 10.1. The normalized spacial score (nSPS) is 9.89. The summed E-state index contributed by atoms with van der Waals surface area (Å²) in [6.45, 7) is 4.23. The topological polar surface area (TPSA) is 8.24 Å². The quantitative estimate of drug-likeness (QED) is 0.723. The van der Waals surface area contributed by atoms with Gasteiger partial charge in [-0.3, -0.25) is 0 Å². The first kappa shape index (κ1) is 13.2. The summed E-state index contributed by atoms with van der Waals surface area (Å²) in [7, 11) is 0. The Morgan fingerprint density at radius 1 is 1.26 bits per heavy atom. The van der Waals surface area contributed by atoms with Gasteiger partial charge in [0.2, 0.25) is 5.69 Å². The maximum atomic E-state index is 14.1. The Bertz CT molecular complexity index is 670. The van der Waals surface area contributed by atoms with E-state index in [1.54, 1.807) is 13.0 Å². The van der Waals surface area contributed by atoms with Crippen molar-refractivity contribution in [1.82, 2.24) is 0 Å². The molecule has 0 saturated heterocycles.